The average molecular weight is 189 g/mol. The Morgan fingerprint density at radius 2 is 2.14 bits per heavy atom. The standard InChI is InChI=1S/C12H15NO/c14-8-5-6-12-10(7-8)9-3-1-2-4-11(9)13-12/h3-4,8,13-14H,1-2,5-7H2. The molecule has 2 nitrogen and oxygen atoms in total. The summed E-state index contributed by atoms with van der Waals surface area (Å²) < 4.78 is 0. The maximum Gasteiger partial charge on any atom is 0.0585 e. The first kappa shape index (κ1) is 8.30. The largest absolute Gasteiger partial charge is 0.393 e. The van der Waals surface area contributed by atoms with E-state index >= 15 is 0 Å². The van der Waals surface area contributed by atoms with Gasteiger partial charge >= 0.3 is 0 Å². The summed E-state index contributed by atoms with van der Waals surface area (Å²) in [5, 5.41) is 12.3. The molecular weight excluding hydrogens is 174 g/mol. The van der Waals surface area contributed by atoms with Gasteiger partial charge in [0.1, 0.15) is 0 Å². The number of aromatic nitrogens is 1. The lowest BCUT2D eigenvalue weighted by molar-refractivity contribution is 0.158. The number of H-pyrrole nitrogens is 1. The van der Waals surface area contributed by atoms with Crippen molar-refractivity contribution in [3.8, 4) is 0 Å². The average Bonchev–Trinajstić information content (AvgIpc) is 2.56. The maximum absolute atomic E-state index is 9.64. The van der Waals surface area contributed by atoms with E-state index in [0.717, 1.165) is 32.1 Å². The Labute approximate surface area is 83.0 Å². The van der Waals surface area contributed by atoms with Gasteiger partial charge in [-0.3, -0.25) is 0 Å². The summed E-state index contributed by atoms with van der Waals surface area (Å²) in [4.78, 5) is 3.48. The molecule has 1 heterocycles. The third kappa shape index (κ3) is 1.14. The van der Waals surface area contributed by atoms with Gasteiger partial charge in [-0.15, -0.1) is 0 Å². The van der Waals surface area contributed by atoms with Crippen LogP contribution < -0.4 is 10.6 Å². The van der Waals surface area contributed by atoms with Gasteiger partial charge in [0.05, 0.1) is 6.10 Å². The first-order valence-electron chi connectivity index (χ1n) is 5.43. The number of hydrogen-bond donors (Lipinski definition) is 2. The first-order chi connectivity index (χ1) is 6.84. The van der Waals surface area contributed by atoms with E-state index in [1.807, 2.05) is 0 Å². The van der Waals surface area contributed by atoms with E-state index in [9.17, 15) is 5.11 Å². The molecule has 3 rings (SSSR count). The second-order valence-corrected chi connectivity index (χ2v) is 4.29. The second-order valence-electron chi connectivity index (χ2n) is 4.29. The highest BCUT2D eigenvalue weighted by atomic mass is 16.3. The summed E-state index contributed by atoms with van der Waals surface area (Å²) in [6.07, 6.45) is 9.51. The van der Waals surface area contributed by atoms with Crippen LogP contribution in [0.5, 0.6) is 0 Å². The van der Waals surface area contributed by atoms with E-state index in [1.54, 1.807) is 0 Å². The van der Waals surface area contributed by atoms with Crippen LogP contribution in [0, 0.1) is 0 Å². The van der Waals surface area contributed by atoms with E-state index in [-0.39, 0.29) is 6.10 Å². The Kier molecular flexibility index (Phi) is 1.77. The highest BCUT2D eigenvalue weighted by Gasteiger charge is 2.19. The minimum atomic E-state index is -0.127. The molecule has 0 spiro atoms. The van der Waals surface area contributed by atoms with Crippen molar-refractivity contribution in [1.82, 2.24) is 4.98 Å². The smallest absolute Gasteiger partial charge is 0.0585 e. The van der Waals surface area contributed by atoms with Crippen LogP contribution in [0.25, 0.3) is 12.2 Å². The van der Waals surface area contributed by atoms with Crippen molar-refractivity contribution >= 4 is 12.2 Å². The van der Waals surface area contributed by atoms with E-state index < -0.39 is 0 Å². The third-order valence-electron chi connectivity index (χ3n) is 3.30. The maximum atomic E-state index is 9.64. The molecule has 1 aromatic rings. The molecule has 2 N–H and O–H groups in total. The molecule has 1 aromatic heterocycles. The number of aliphatic hydroxyl groups is 1. The van der Waals surface area contributed by atoms with Crippen molar-refractivity contribution in [2.45, 2.75) is 38.2 Å². The first-order valence-corrected chi connectivity index (χ1v) is 5.43. The molecule has 0 saturated carbocycles. The summed E-state index contributed by atoms with van der Waals surface area (Å²) >= 11 is 0. The van der Waals surface area contributed by atoms with Crippen LogP contribution in [0.4, 0.5) is 0 Å². The summed E-state index contributed by atoms with van der Waals surface area (Å²) in [5.74, 6) is 0. The van der Waals surface area contributed by atoms with Crippen molar-refractivity contribution in [3.63, 3.8) is 0 Å². The zero-order chi connectivity index (χ0) is 9.54. The fraction of sp³-hybridized carbons (Fsp3) is 0.500. The van der Waals surface area contributed by atoms with Crippen molar-refractivity contribution in [2.75, 3.05) is 0 Å². The summed E-state index contributed by atoms with van der Waals surface area (Å²) in [7, 11) is 0. The second kappa shape index (κ2) is 2.99. The molecule has 0 amide bonds. The fourth-order valence-corrected chi connectivity index (χ4v) is 2.58. The van der Waals surface area contributed by atoms with Gasteiger partial charge in [0.15, 0.2) is 0 Å². The normalized spacial score (nSPS) is 24.5. The summed E-state index contributed by atoms with van der Waals surface area (Å²) in [6.45, 7) is 0. The number of hydrogen-bond acceptors (Lipinski definition) is 1. The van der Waals surface area contributed by atoms with Crippen LogP contribution in [-0.4, -0.2) is 16.2 Å². The van der Waals surface area contributed by atoms with Crippen LogP contribution in [0.3, 0.4) is 0 Å². The summed E-state index contributed by atoms with van der Waals surface area (Å²) in [5.41, 5.74) is 2.73. The fourth-order valence-electron chi connectivity index (χ4n) is 2.58. The van der Waals surface area contributed by atoms with Crippen LogP contribution in [0.2, 0.25) is 0 Å². The molecular formula is C12H15NO. The highest BCUT2D eigenvalue weighted by molar-refractivity contribution is 5.42. The van der Waals surface area contributed by atoms with Gasteiger partial charge in [0, 0.05) is 17.5 Å². The Morgan fingerprint density at radius 3 is 3.07 bits per heavy atom. The lowest BCUT2D eigenvalue weighted by Gasteiger charge is -2.16. The van der Waals surface area contributed by atoms with Gasteiger partial charge in [0.25, 0.3) is 0 Å². The molecule has 2 aliphatic carbocycles. The van der Waals surface area contributed by atoms with E-state index in [4.69, 9.17) is 0 Å². The number of nitrogens with one attached hydrogen (secondary N) is 1. The SMILES string of the molecule is OC1CCc2[nH]c3c(c2C1)=CCCC=3. The molecule has 2 heteroatoms. The minimum Gasteiger partial charge on any atom is -0.393 e. The Hall–Kier alpha value is -1.02. The zero-order valence-corrected chi connectivity index (χ0v) is 8.21. The molecule has 0 fully saturated rings. The predicted octanol–water partition coefficient (Wildman–Crippen LogP) is 0.219. The Balaban J connectivity index is 2.24. The van der Waals surface area contributed by atoms with Crippen LogP contribution in [0.15, 0.2) is 0 Å². The molecule has 0 aliphatic heterocycles. The minimum absolute atomic E-state index is 0.127. The van der Waals surface area contributed by atoms with Gasteiger partial charge in [-0.1, -0.05) is 12.2 Å². The highest BCUT2D eigenvalue weighted by Crippen LogP contribution is 2.16. The van der Waals surface area contributed by atoms with E-state index in [0.29, 0.717) is 0 Å². The molecule has 1 atom stereocenters. The van der Waals surface area contributed by atoms with Crippen LogP contribution >= 0.6 is 0 Å². The van der Waals surface area contributed by atoms with Crippen molar-refractivity contribution in [3.05, 3.63) is 21.8 Å². The predicted molar refractivity (Wildman–Crippen MR) is 56.2 cm³/mol. The van der Waals surface area contributed by atoms with Gasteiger partial charge in [-0.25, -0.2) is 0 Å². The van der Waals surface area contributed by atoms with Gasteiger partial charge in [-0.05, 0) is 36.5 Å². The number of aryl methyl sites for hydroxylation is 1. The van der Waals surface area contributed by atoms with Crippen molar-refractivity contribution in [2.24, 2.45) is 0 Å². The molecule has 74 valence electrons. The molecule has 0 saturated heterocycles. The third-order valence-corrected chi connectivity index (χ3v) is 3.30. The molecule has 0 radical (unpaired) electrons. The zero-order valence-electron chi connectivity index (χ0n) is 8.21. The van der Waals surface area contributed by atoms with E-state index in [2.05, 4.69) is 17.1 Å². The van der Waals surface area contributed by atoms with Crippen LogP contribution in [-0.2, 0) is 12.8 Å². The lowest BCUT2D eigenvalue weighted by atomic mass is 9.93. The summed E-state index contributed by atoms with van der Waals surface area (Å²) in [6, 6.07) is 0. The van der Waals surface area contributed by atoms with Gasteiger partial charge < -0.3 is 10.1 Å². The monoisotopic (exact) mass is 189 g/mol. The van der Waals surface area contributed by atoms with Gasteiger partial charge in [0.2, 0.25) is 0 Å². The Bertz CT molecular complexity index is 469. The quantitative estimate of drug-likeness (QED) is 0.601. The molecule has 1 unspecified atom stereocenters. The molecule has 0 bridgehead atoms. The molecule has 2 aliphatic rings. The number of fused-ring (bicyclic) bond motifs is 3. The lowest BCUT2D eigenvalue weighted by Crippen LogP contribution is -2.29. The number of aromatic amines is 1. The Morgan fingerprint density at radius 1 is 1.29 bits per heavy atom. The van der Waals surface area contributed by atoms with Crippen LogP contribution in [0.1, 0.15) is 30.5 Å². The number of rotatable bonds is 0. The molecule has 0 aromatic carbocycles. The van der Waals surface area contributed by atoms with Crippen molar-refractivity contribution < 1.29 is 5.11 Å². The topological polar surface area (TPSA) is 36.0 Å². The number of aliphatic hydroxyl groups excluding tert-OH is 1. The van der Waals surface area contributed by atoms with Crippen molar-refractivity contribution in [1.29, 1.82) is 0 Å². The molecule has 14 heavy (non-hydrogen) atoms. The van der Waals surface area contributed by atoms with Gasteiger partial charge in [-0.2, -0.15) is 0 Å². The van der Waals surface area contributed by atoms with E-state index in [1.165, 1.54) is 21.8 Å².